The van der Waals surface area contributed by atoms with Crippen LogP contribution in [0.25, 0.3) is 0 Å². The van der Waals surface area contributed by atoms with Crippen LogP contribution in [0.1, 0.15) is 20.8 Å². The van der Waals surface area contributed by atoms with E-state index in [9.17, 15) is 0 Å². The molecule has 1 aromatic rings. The number of nitrogens with two attached hydrogens (primary N) is 1. The summed E-state index contributed by atoms with van der Waals surface area (Å²) in [5, 5.41) is 4.11. The lowest BCUT2D eigenvalue weighted by Crippen LogP contribution is -2.37. The van der Waals surface area contributed by atoms with Crippen LogP contribution >= 0.6 is 11.8 Å². The van der Waals surface area contributed by atoms with E-state index < -0.39 is 0 Å². The second kappa shape index (κ2) is 4.36. The van der Waals surface area contributed by atoms with Gasteiger partial charge in [-0.3, -0.25) is 4.68 Å². The van der Waals surface area contributed by atoms with Gasteiger partial charge in [-0.2, -0.15) is 5.10 Å². The molecular weight excluding hydrogens is 194 g/mol. The molecule has 0 bridgehead atoms. The summed E-state index contributed by atoms with van der Waals surface area (Å²) in [5.74, 6) is 0.940. The molecule has 1 unspecified atom stereocenters. The summed E-state index contributed by atoms with van der Waals surface area (Å²) < 4.78 is 1.81. The van der Waals surface area contributed by atoms with Gasteiger partial charge in [0.05, 0.1) is 6.20 Å². The zero-order valence-corrected chi connectivity index (χ0v) is 10.1. The summed E-state index contributed by atoms with van der Waals surface area (Å²) in [6.07, 6.45) is 3.89. The Hall–Kier alpha value is -0.480. The molecule has 80 valence electrons. The van der Waals surface area contributed by atoms with Gasteiger partial charge < -0.3 is 5.73 Å². The van der Waals surface area contributed by atoms with Gasteiger partial charge in [-0.15, -0.1) is 11.8 Å². The molecule has 0 aliphatic rings. The molecule has 1 aromatic heterocycles. The average molecular weight is 213 g/mol. The van der Waals surface area contributed by atoms with Gasteiger partial charge in [0.15, 0.2) is 0 Å². The van der Waals surface area contributed by atoms with E-state index in [2.05, 4.69) is 25.9 Å². The lowest BCUT2D eigenvalue weighted by atomic mass is 9.89. The maximum Gasteiger partial charge on any atom is 0.0625 e. The predicted octanol–water partition coefficient (Wildman–Crippen LogP) is 1.89. The Balaban J connectivity index is 2.41. The summed E-state index contributed by atoms with van der Waals surface area (Å²) in [7, 11) is 1.92. The number of thioether (sulfide) groups is 1. The minimum absolute atomic E-state index is 0.176. The van der Waals surface area contributed by atoms with Gasteiger partial charge in [0.2, 0.25) is 0 Å². The Morgan fingerprint density at radius 2 is 2.21 bits per heavy atom. The average Bonchev–Trinajstić information content (AvgIpc) is 2.45. The van der Waals surface area contributed by atoms with Crippen molar-refractivity contribution >= 4 is 11.8 Å². The fourth-order valence-corrected chi connectivity index (χ4v) is 2.13. The van der Waals surface area contributed by atoms with E-state index >= 15 is 0 Å². The Morgan fingerprint density at radius 3 is 2.64 bits per heavy atom. The molecule has 1 heterocycles. The summed E-state index contributed by atoms with van der Waals surface area (Å²) in [5.41, 5.74) is 6.23. The molecule has 2 N–H and O–H groups in total. The molecule has 1 rings (SSSR count). The topological polar surface area (TPSA) is 43.8 Å². The van der Waals surface area contributed by atoms with Crippen molar-refractivity contribution in [2.24, 2.45) is 18.2 Å². The first-order chi connectivity index (χ1) is 6.39. The van der Waals surface area contributed by atoms with E-state index in [-0.39, 0.29) is 11.5 Å². The third-order valence-corrected chi connectivity index (χ3v) is 3.29. The van der Waals surface area contributed by atoms with Crippen molar-refractivity contribution in [2.75, 3.05) is 5.75 Å². The highest BCUT2D eigenvalue weighted by Crippen LogP contribution is 2.24. The van der Waals surface area contributed by atoms with E-state index in [1.54, 1.807) is 11.8 Å². The molecule has 0 amide bonds. The molecular formula is C10H19N3S. The molecule has 0 radical (unpaired) electrons. The first-order valence-electron chi connectivity index (χ1n) is 4.76. The molecule has 0 aliphatic carbocycles. The van der Waals surface area contributed by atoms with Crippen molar-refractivity contribution in [1.82, 2.24) is 9.78 Å². The SMILES string of the molecule is Cn1cc(SCC(N)C(C)(C)C)cn1. The fourth-order valence-electron chi connectivity index (χ4n) is 0.909. The summed E-state index contributed by atoms with van der Waals surface area (Å²) in [6, 6.07) is 0.215. The molecule has 0 saturated heterocycles. The highest BCUT2D eigenvalue weighted by atomic mass is 32.2. The normalized spacial score (nSPS) is 14.4. The van der Waals surface area contributed by atoms with Gasteiger partial charge in [-0.05, 0) is 5.41 Å². The van der Waals surface area contributed by atoms with Crippen LogP contribution in [0.2, 0.25) is 0 Å². The van der Waals surface area contributed by atoms with Crippen LogP contribution in [0, 0.1) is 5.41 Å². The lowest BCUT2D eigenvalue weighted by Gasteiger charge is -2.26. The first kappa shape index (κ1) is 11.6. The summed E-state index contributed by atoms with van der Waals surface area (Å²) in [4.78, 5) is 1.19. The predicted molar refractivity (Wildman–Crippen MR) is 61.4 cm³/mol. The smallest absolute Gasteiger partial charge is 0.0625 e. The highest BCUT2D eigenvalue weighted by Gasteiger charge is 2.20. The number of aromatic nitrogens is 2. The van der Waals surface area contributed by atoms with Crippen LogP contribution in [0.3, 0.4) is 0 Å². The Labute approximate surface area is 90.1 Å². The van der Waals surface area contributed by atoms with Crippen LogP contribution in [0.4, 0.5) is 0 Å². The van der Waals surface area contributed by atoms with E-state index in [4.69, 9.17) is 5.73 Å². The number of hydrogen-bond acceptors (Lipinski definition) is 3. The fraction of sp³-hybridized carbons (Fsp3) is 0.700. The Kier molecular flexibility index (Phi) is 3.61. The van der Waals surface area contributed by atoms with Crippen molar-refractivity contribution < 1.29 is 0 Å². The van der Waals surface area contributed by atoms with E-state index in [1.807, 2.05) is 24.1 Å². The van der Waals surface area contributed by atoms with Crippen molar-refractivity contribution in [3.05, 3.63) is 12.4 Å². The van der Waals surface area contributed by atoms with Crippen molar-refractivity contribution in [2.45, 2.75) is 31.7 Å². The largest absolute Gasteiger partial charge is 0.326 e. The van der Waals surface area contributed by atoms with Crippen LogP contribution < -0.4 is 5.73 Å². The van der Waals surface area contributed by atoms with E-state index in [1.165, 1.54) is 4.90 Å². The van der Waals surface area contributed by atoms with Gasteiger partial charge in [0, 0.05) is 29.9 Å². The molecule has 0 fully saturated rings. The maximum absolute atomic E-state index is 6.06. The second-order valence-electron chi connectivity index (χ2n) is 4.63. The van der Waals surface area contributed by atoms with E-state index in [0.717, 1.165) is 5.75 Å². The first-order valence-corrected chi connectivity index (χ1v) is 5.75. The zero-order valence-electron chi connectivity index (χ0n) is 9.32. The lowest BCUT2D eigenvalue weighted by molar-refractivity contribution is 0.344. The Bertz CT molecular complexity index is 288. The van der Waals surface area contributed by atoms with Gasteiger partial charge in [0.1, 0.15) is 0 Å². The maximum atomic E-state index is 6.06. The summed E-state index contributed by atoms with van der Waals surface area (Å²) in [6.45, 7) is 6.50. The zero-order chi connectivity index (χ0) is 10.8. The van der Waals surface area contributed by atoms with Crippen LogP contribution in [-0.2, 0) is 7.05 Å². The molecule has 1 atom stereocenters. The summed E-state index contributed by atoms with van der Waals surface area (Å²) >= 11 is 1.77. The van der Waals surface area contributed by atoms with Crippen molar-refractivity contribution in [3.63, 3.8) is 0 Å². The number of aryl methyl sites for hydroxylation is 1. The van der Waals surface area contributed by atoms with Crippen LogP contribution in [0.15, 0.2) is 17.3 Å². The number of nitrogens with zero attached hydrogens (tertiary/aromatic N) is 2. The van der Waals surface area contributed by atoms with Gasteiger partial charge >= 0.3 is 0 Å². The molecule has 3 nitrogen and oxygen atoms in total. The van der Waals surface area contributed by atoms with Crippen LogP contribution in [0.5, 0.6) is 0 Å². The third-order valence-electron chi connectivity index (χ3n) is 2.22. The number of hydrogen-bond donors (Lipinski definition) is 1. The molecule has 0 spiro atoms. The van der Waals surface area contributed by atoms with Crippen molar-refractivity contribution in [3.8, 4) is 0 Å². The number of rotatable bonds is 3. The molecule has 0 aromatic carbocycles. The third kappa shape index (κ3) is 3.35. The van der Waals surface area contributed by atoms with Crippen molar-refractivity contribution in [1.29, 1.82) is 0 Å². The minimum Gasteiger partial charge on any atom is -0.326 e. The standard InChI is InChI=1S/C10H19N3S/c1-10(2,3)9(11)7-14-8-5-12-13(4)6-8/h5-6,9H,7,11H2,1-4H3. The highest BCUT2D eigenvalue weighted by molar-refractivity contribution is 7.99. The molecule has 4 heteroatoms. The molecule has 0 saturated carbocycles. The minimum atomic E-state index is 0.176. The Morgan fingerprint density at radius 1 is 1.57 bits per heavy atom. The molecule has 14 heavy (non-hydrogen) atoms. The van der Waals surface area contributed by atoms with Crippen LogP contribution in [-0.4, -0.2) is 21.6 Å². The van der Waals surface area contributed by atoms with Gasteiger partial charge in [-0.1, -0.05) is 20.8 Å². The van der Waals surface area contributed by atoms with E-state index in [0.29, 0.717) is 0 Å². The molecule has 0 aliphatic heterocycles. The second-order valence-corrected chi connectivity index (χ2v) is 5.73. The van der Waals surface area contributed by atoms with Gasteiger partial charge in [0.25, 0.3) is 0 Å². The quantitative estimate of drug-likeness (QED) is 0.780. The monoisotopic (exact) mass is 213 g/mol. The van der Waals surface area contributed by atoms with Gasteiger partial charge in [-0.25, -0.2) is 0 Å².